The zero-order valence-corrected chi connectivity index (χ0v) is 11.3. The van der Waals surface area contributed by atoms with Gasteiger partial charge in [0.15, 0.2) is 0 Å². The van der Waals surface area contributed by atoms with Gasteiger partial charge in [-0.15, -0.1) is 0 Å². The maximum atomic E-state index is 12.5. The zero-order valence-electron chi connectivity index (χ0n) is 11.3. The molecule has 0 saturated carbocycles. The molecule has 1 aromatic heterocycles. The first-order valence-corrected chi connectivity index (χ1v) is 6.26. The summed E-state index contributed by atoms with van der Waals surface area (Å²) in [5.41, 5.74) is 5.22. The topological polar surface area (TPSA) is 60.9 Å². The fraction of sp³-hybridized carbons (Fsp3) is 0.286. The molecule has 0 aliphatic heterocycles. The van der Waals surface area contributed by atoms with E-state index in [-0.39, 0.29) is 0 Å². The number of carbonyl (C=O) groups is 1. The van der Waals surface area contributed by atoms with E-state index in [9.17, 15) is 18.0 Å². The maximum Gasteiger partial charge on any atom is 0.416 e. The van der Waals surface area contributed by atoms with Gasteiger partial charge in [-0.25, -0.2) is 4.98 Å². The van der Waals surface area contributed by atoms with E-state index in [0.29, 0.717) is 17.8 Å². The molecule has 1 aromatic carbocycles. The van der Waals surface area contributed by atoms with Crippen molar-refractivity contribution < 1.29 is 18.0 Å². The molecule has 0 aliphatic rings. The Morgan fingerprint density at radius 2 is 1.95 bits per heavy atom. The van der Waals surface area contributed by atoms with Crippen LogP contribution in [0.15, 0.2) is 36.7 Å². The number of alkyl halides is 3. The van der Waals surface area contributed by atoms with E-state index in [2.05, 4.69) is 4.98 Å². The molecule has 7 heteroatoms. The number of nitrogens with zero attached hydrogens (tertiary/aromatic N) is 2. The summed E-state index contributed by atoms with van der Waals surface area (Å²) in [5, 5.41) is 0. The second-order valence-electron chi connectivity index (χ2n) is 4.70. The lowest BCUT2D eigenvalue weighted by Gasteiger charge is -2.13. The van der Waals surface area contributed by atoms with Crippen molar-refractivity contribution in [3.8, 4) is 0 Å². The van der Waals surface area contributed by atoms with Crippen LogP contribution in [0.5, 0.6) is 0 Å². The number of primary amides is 1. The van der Waals surface area contributed by atoms with Crippen molar-refractivity contribution in [1.82, 2.24) is 9.55 Å². The molecule has 1 amide bonds. The van der Waals surface area contributed by atoms with Gasteiger partial charge in [0.1, 0.15) is 11.9 Å². The van der Waals surface area contributed by atoms with Crippen LogP contribution in [0.2, 0.25) is 0 Å². The van der Waals surface area contributed by atoms with Gasteiger partial charge in [-0.3, -0.25) is 4.79 Å². The van der Waals surface area contributed by atoms with Gasteiger partial charge in [0.05, 0.1) is 5.56 Å². The third-order valence-corrected chi connectivity index (χ3v) is 3.22. The fourth-order valence-electron chi connectivity index (χ4n) is 1.96. The van der Waals surface area contributed by atoms with Crippen LogP contribution in [0.25, 0.3) is 0 Å². The van der Waals surface area contributed by atoms with E-state index in [1.165, 1.54) is 18.3 Å². The van der Waals surface area contributed by atoms with E-state index in [1.54, 1.807) is 17.7 Å². The van der Waals surface area contributed by atoms with Crippen LogP contribution in [0.3, 0.4) is 0 Å². The molecule has 0 bridgehead atoms. The van der Waals surface area contributed by atoms with Crippen molar-refractivity contribution in [2.24, 2.45) is 5.73 Å². The number of hydrogen-bond donors (Lipinski definition) is 1. The van der Waals surface area contributed by atoms with E-state index in [4.69, 9.17) is 5.73 Å². The summed E-state index contributed by atoms with van der Waals surface area (Å²) in [6.07, 6.45) is -0.881. The molecule has 0 fully saturated rings. The summed E-state index contributed by atoms with van der Waals surface area (Å²) in [4.78, 5) is 15.3. The average Bonchev–Trinajstić information content (AvgIpc) is 2.85. The fourth-order valence-corrected chi connectivity index (χ4v) is 1.96. The number of halogens is 3. The summed E-state index contributed by atoms with van der Waals surface area (Å²) in [5.74, 6) is 0.0720. The molecular weight excluding hydrogens is 283 g/mol. The molecule has 1 heterocycles. The van der Waals surface area contributed by atoms with Gasteiger partial charge in [0, 0.05) is 18.8 Å². The Morgan fingerprint density at radius 3 is 2.48 bits per heavy atom. The van der Waals surface area contributed by atoms with Gasteiger partial charge in [0.25, 0.3) is 0 Å². The number of rotatable bonds is 4. The number of nitrogens with two attached hydrogens (primary N) is 1. The summed E-state index contributed by atoms with van der Waals surface area (Å²) in [7, 11) is 0. The summed E-state index contributed by atoms with van der Waals surface area (Å²) >= 11 is 0. The first kappa shape index (κ1) is 15.1. The first-order chi connectivity index (χ1) is 9.79. The van der Waals surface area contributed by atoms with Crippen molar-refractivity contribution >= 4 is 5.91 Å². The van der Waals surface area contributed by atoms with E-state index < -0.39 is 23.7 Å². The highest BCUT2D eigenvalue weighted by Gasteiger charge is 2.29. The van der Waals surface area contributed by atoms with Gasteiger partial charge < -0.3 is 10.3 Å². The van der Waals surface area contributed by atoms with E-state index >= 15 is 0 Å². The number of benzene rings is 1. The quantitative estimate of drug-likeness (QED) is 0.942. The van der Waals surface area contributed by atoms with Gasteiger partial charge in [-0.1, -0.05) is 12.1 Å². The van der Waals surface area contributed by atoms with Crippen LogP contribution >= 0.6 is 0 Å². The molecule has 4 nitrogen and oxygen atoms in total. The van der Waals surface area contributed by atoms with Crippen LogP contribution in [0, 0.1) is 0 Å². The van der Waals surface area contributed by atoms with Gasteiger partial charge in [-0.2, -0.15) is 13.2 Å². The lowest BCUT2D eigenvalue weighted by Crippen LogP contribution is -2.25. The van der Waals surface area contributed by atoms with Crippen LogP contribution in [-0.2, 0) is 17.4 Å². The molecule has 0 saturated heterocycles. The van der Waals surface area contributed by atoms with Crippen molar-refractivity contribution in [3.05, 3.63) is 53.6 Å². The Bertz CT molecular complexity index is 632. The lowest BCUT2D eigenvalue weighted by molar-refractivity contribution is -0.137. The second kappa shape index (κ2) is 5.59. The number of carbonyl (C=O) groups excluding carboxylic acids is 1. The Hall–Kier alpha value is -2.31. The predicted molar refractivity (Wildman–Crippen MR) is 70.4 cm³/mol. The smallest absolute Gasteiger partial charge is 0.368 e. The van der Waals surface area contributed by atoms with Crippen molar-refractivity contribution in [3.63, 3.8) is 0 Å². The molecule has 2 aromatic rings. The Kier molecular flexibility index (Phi) is 4.02. The Labute approximate surface area is 119 Å². The van der Waals surface area contributed by atoms with Gasteiger partial charge >= 0.3 is 6.18 Å². The molecule has 2 N–H and O–H groups in total. The molecule has 1 atom stereocenters. The highest BCUT2D eigenvalue weighted by Crippen LogP contribution is 2.29. The molecule has 2 rings (SSSR count). The molecule has 1 unspecified atom stereocenters. The Balaban J connectivity index is 2.20. The first-order valence-electron chi connectivity index (χ1n) is 6.26. The number of amides is 1. The standard InChI is InChI=1S/C14H14F3N3O/c1-9(13(18)21)20-7-6-19-12(20)8-10-2-4-11(5-3-10)14(15,16)17/h2-7,9H,8H2,1H3,(H2,18,21). The number of imidazole rings is 1. The lowest BCUT2D eigenvalue weighted by atomic mass is 10.1. The summed E-state index contributed by atoms with van der Waals surface area (Å²) in [6, 6.07) is 4.30. The van der Waals surface area contributed by atoms with Crippen molar-refractivity contribution in [2.75, 3.05) is 0 Å². The average molecular weight is 297 g/mol. The minimum absolute atomic E-state index is 0.322. The minimum atomic E-state index is -4.35. The SMILES string of the molecule is CC(C(N)=O)n1ccnc1Cc1ccc(C(F)(F)F)cc1. The molecular formula is C14H14F3N3O. The molecule has 0 aliphatic carbocycles. The van der Waals surface area contributed by atoms with Crippen molar-refractivity contribution in [1.29, 1.82) is 0 Å². The molecule has 21 heavy (non-hydrogen) atoms. The van der Waals surface area contributed by atoms with Crippen molar-refractivity contribution in [2.45, 2.75) is 25.6 Å². The molecule has 0 radical (unpaired) electrons. The number of hydrogen-bond acceptors (Lipinski definition) is 2. The monoisotopic (exact) mass is 297 g/mol. The van der Waals surface area contributed by atoms with E-state index in [0.717, 1.165) is 12.1 Å². The van der Waals surface area contributed by atoms with Crippen LogP contribution in [-0.4, -0.2) is 15.5 Å². The van der Waals surface area contributed by atoms with Gasteiger partial charge in [-0.05, 0) is 24.6 Å². The molecule has 0 spiro atoms. The summed E-state index contributed by atoms with van der Waals surface area (Å²) < 4.78 is 39.1. The second-order valence-corrected chi connectivity index (χ2v) is 4.70. The largest absolute Gasteiger partial charge is 0.416 e. The molecule has 112 valence electrons. The van der Waals surface area contributed by atoms with Crippen LogP contribution in [0.4, 0.5) is 13.2 Å². The van der Waals surface area contributed by atoms with E-state index in [1.807, 2.05) is 0 Å². The zero-order chi connectivity index (χ0) is 15.6. The third kappa shape index (κ3) is 3.42. The third-order valence-electron chi connectivity index (χ3n) is 3.22. The number of aromatic nitrogens is 2. The highest BCUT2D eigenvalue weighted by atomic mass is 19.4. The predicted octanol–water partition coefficient (Wildman–Crippen LogP) is 2.54. The van der Waals surface area contributed by atoms with Crippen LogP contribution in [0.1, 0.15) is 29.9 Å². The Morgan fingerprint density at radius 1 is 1.33 bits per heavy atom. The summed E-state index contributed by atoms with van der Waals surface area (Å²) in [6.45, 7) is 1.64. The van der Waals surface area contributed by atoms with Crippen LogP contribution < -0.4 is 5.73 Å². The van der Waals surface area contributed by atoms with Gasteiger partial charge in [0.2, 0.25) is 5.91 Å². The minimum Gasteiger partial charge on any atom is -0.368 e. The highest BCUT2D eigenvalue weighted by molar-refractivity contribution is 5.77. The normalized spacial score (nSPS) is 13.1. The maximum absolute atomic E-state index is 12.5.